The van der Waals surface area contributed by atoms with Crippen molar-refractivity contribution in [3.05, 3.63) is 30.1 Å². The Kier molecular flexibility index (Phi) is 1.21. The van der Waals surface area contributed by atoms with Crippen LogP contribution in [0.15, 0.2) is 24.5 Å². The average Bonchev–Trinajstić information content (AvgIpc) is 2.69. The zero-order valence-electron chi connectivity index (χ0n) is 5.70. The third kappa shape index (κ3) is 0.907. The highest BCUT2D eigenvalue weighted by atomic mass is 14.7. The molecule has 2 atom stereocenters. The van der Waals surface area contributed by atoms with Crippen molar-refractivity contribution >= 4 is 0 Å². The van der Waals surface area contributed by atoms with Crippen LogP contribution in [0.1, 0.15) is 17.9 Å². The van der Waals surface area contributed by atoms with E-state index in [0.717, 1.165) is 6.42 Å². The Bertz CT molecular complexity index is 220. The first-order valence-corrected chi connectivity index (χ1v) is 3.53. The molecule has 0 amide bonds. The lowest BCUT2D eigenvalue weighted by Gasteiger charge is -1.93. The standard InChI is InChI=1S/C8H10N2/c9-8-5-7(8)6-1-3-10-4-2-6/h1-4,7-8H,5,9H2/t7-,8+/m0/s1. The smallest absolute Gasteiger partial charge is 0.0270 e. The summed E-state index contributed by atoms with van der Waals surface area (Å²) in [7, 11) is 0. The number of rotatable bonds is 1. The van der Waals surface area contributed by atoms with Gasteiger partial charge in [0.05, 0.1) is 0 Å². The van der Waals surface area contributed by atoms with Gasteiger partial charge in [-0.05, 0) is 24.1 Å². The topological polar surface area (TPSA) is 38.9 Å². The molecule has 52 valence electrons. The summed E-state index contributed by atoms with van der Waals surface area (Å²) in [5, 5.41) is 0. The largest absolute Gasteiger partial charge is 0.327 e. The van der Waals surface area contributed by atoms with E-state index in [1.165, 1.54) is 5.56 Å². The summed E-state index contributed by atoms with van der Waals surface area (Å²) in [5.74, 6) is 0.614. The van der Waals surface area contributed by atoms with Crippen LogP contribution in [-0.4, -0.2) is 11.0 Å². The first-order chi connectivity index (χ1) is 4.88. The van der Waals surface area contributed by atoms with E-state index in [4.69, 9.17) is 5.73 Å². The van der Waals surface area contributed by atoms with Crippen LogP contribution in [-0.2, 0) is 0 Å². The summed E-state index contributed by atoms with van der Waals surface area (Å²) in [6.45, 7) is 0. The normalized spacial score (nSPS) is 30.1. The van der Waals surface area contributed by atoms with Crippen molar-refractivity contribution in [1.82, 2.24) is 4.98 Å². The van der Waals surface area contributed by atoms with Crippen LogP contribution in [0.4, 0.5) is 0 Å². The Labute approximate surface area is 60.1 Å². The van der Waals surface area contributed by atoms with E-state index in [1.807, 2.05) is 24.5 Å². The Balaban J connectivity index is 2.20. The lowest BCUT2D eigenvalue weighted by Crippen LogP contribution is -2.00. The molecule has 2 rings (SSSR count). The molecule has 0 bridgehead atoms. The van der Waals surface area contributed by atoms with Crippen LogP contribution in [0.25, 0.3) is 0 Å². The molecular weight excluding hydrogens is 124 g/mol. The second-order valence-corrected chi connectivity index (χ2v) is 2.79. The second-order valence-electron chi connectivity index (χ2n) is 2.79. The SMILES string of the molecule is N[C@@H]1C[C@H]1c1ccncc1. The molecule has 2 N–H and O–H groups in total. The van der Waals surface area contributed by atoms with Crippen molar-refractivity contribution in [2.75, 3.05) is 0 Å². The number of hydrogen-bond donors (Lipinski definition) is 1. The van der Waals surface area contributed by atoms with Crippen LogP contribution in [0, 0.1) is 0 Å². The minimum atomic E-state index is 0.405. The Morgan fingerprint density at radius 3 is 2.50 bits per heavy atom. The first-order valence-electron chi connectivity index (χ1n) is 3.53. The van der Waals surface area contributed by atoms with E-state index in [2.05, 4.69) is 4.98 Å². The summed E-state index contributed by atoms with van der Waals surface area (Å²) in [6, 6.07) is 4.48. The van der Waals surface area contributed by atoms with Crippen molar-refractivity contribution in [1.29, 1.82) is 0 Å². The molecule has 10 heavy (non-hydrogen) atoms. The zero-order chi connectivity index (χ0) is 6.97. The fourth-order valence-corrected chi connectivity index (χ4v) is 1.21. The van der Waals surface area contributed by atoms with Gasteiger partial charge in [0, 0.05) is 24.4 Å². The Morgan fingerprint density at radius 1 is 1.40 bits per heavy atom. The van der Waals surface area contributed by atoms with Gasteiger partial charge >= 0.3 is 0 Å². The van der Waals surface area contributed by atoms with Crippen molar-refractivity contribution < 1.29 is 0 Å². The minimum absolute atomic E-state index is 0.405. The molecular formula is C8H10N2. The Hall–Kier alpha value is -0.890. The lowest BCUT2D eigenvalue weighted by atomic mass is 10.2. The van der Waals surface area contributed by atoms with Crippen molar-refractivity contribution in [3.8, 4) is 0 Å². The van der Waals surface area contributed by atoms with E-state index in [1.54, 1.807) is 0 Å². The number of aromatic nitrogens is 1. The van der Waals surface area contributed by atoms with Crippen molar-refractivity contribution in [2.24, 2.45) is 5.73 Å². The molecule has 2 nitrogen and oxygen atoms in total. The van der Waals surface area contributed by atoms with E-state index >= 15 is 0 Å². The number of hydrogen-bond acceptors (Lipinski definition) is 2. The van der Waals surface area contributed by atoms with Crippen LogP contribution >= 0.6 is 0 Å². The molecule has 1 aliphatic carbocycles. The summed E-state index contributed by atoms with van der Waals surface area (Å²) in [5.41, 5.74) is 7.01. The maximum atomic E-state index is 5.68. The van der Waals surface area contributed by atoms with Crippen LogP contribution in [0.2, 0.25) is 0 Å². The molecule has 0 spiro atoms. The van der Waals surface area contributed by atoms with Crippen molar-refractivity contribution in [2.45, 2.75) is 18.4 Å². The maximum absolute atomic E-state index is 5.68. The van der Waals surface area contributed by atoms with Gasteiger partial charge in [0.25, 0.3) is 0 Å². The third-order valence-electron chi connectivity index (χ3n) is 1.97. The van der Waals surface area contributed by atoms with E-state index in [9.17, 15) is 0 Å². The number of nitrogens with zero attached hydrogens (tertiary/aromatic N) is 1. The number of pyridine rings is 1. The van der Waals surface area contributed by atoms with Gasteiger partial charge in [-0.3, -0.25) is 4.98 Å². The monoisotopic (exact) mass is 134 g/mol. The molecule has 0 radical (unpaired) electrons. The second kappa shape index (κ2) is 2.06. The number of nitrogens with two attached hydrogens (primary N) is 1. The minimum Gasteiger partial charge on any atom is -0.327 e. The molecule has 1 heterocycles. The third-order valence-corrected chi connectivity index (χ3v) is 1.97. The summed E-state index contributed by atoms with van der Waals surface area (Å²) >= 11 is 0. The molecule has 0 aliphatic heterocycles. The molecule has 1 aliphatic rings. The predicted molar refractivity (Wildman–Crippen MR) is 39.6 cm³/mol. The molecule has 1 aromatic rings. The van der Waals surface area contributed by atoms with Gasteiger partial charge in [-0.2, -0.15) is 0 Å². The summed E-state index contributed by atoms with van der Waals surface area (Å²) < 4.78 is 0. The van der Waals surface area contributed by atoms with E-state index < -0.39 is 0 Å². The highest BCUT2D eigenvalue weighted by Crippen LogP contribution is 2.38. The zero-order valence-corrected chi connectivity index (χ0v) is 5.70. The fourth-order valence-electron chi connectivity index (χ4n) is 1.21. The van der Waals surface area contributed by atoms with Gasteiger partial charge in [-0.25, -0.2) is 0 Å². The summed E-state index contributed by atoms with van der Waals surface area (Å²) in [6.07, 6.45) is 4.78. The van der Waals surface area contributed by atoms with Gasteiger partial charge in [0.1, 0.15) is 0 Å². The average molecular weight is 134 g/mol. The highest BCUT2D eigenvalue weighted by molar-refractivity contribution is 5.24. The van der Waals surface area contributed by atoms with Gasteiger partial charge in [-0.15, -0.1) is 0 Å². The van der Waals surface area contributed by atoms with Gasteiger partial charge in [0.15, 0.2) is 0 Å². The molecule has 1 aromatic heterocycles. The lowest BCUT2D eigenvalue weighted by molar-refractivity contribution is 0.986. The van der Waals surface area contributed by atoms with Crippen LogP contribution in [0.3, 0.4) is 0 Å². The van der Waals surface area contributed by atoms with Gasteiger partial charge < -0.3 is 5.73 Å². The van der Waals surface area contributed by atoms with Crippen LogP contribution in [0.5, 0.6) is 0 Å². The quantitative estimate of drug-likeness (QED) is 0.619. The molecule has 0 unspecified atom stereocenters. The van der Waals surface area contributed by atoms with Crippen LogP contribution < -0.4 is 5.73 Å². The molecule has 1 saturated carbocycles. The molecule has 1 fully saturated rings. The van der Waals surface area contributed by atoms with Gasteiger partial charge in [-0.1, -0.05) is 0 Å². The molecule has 0 aromatic carbocycles. The Morgan fingerprint density at radius 2 is 2.00 bits per heavy atom. The fraction of sp³-hybridized carbons (Fsp3) is 0.375. The van der Waals surface area contributed by atoms with E-state index in [-0.39, 0.29) is 0 Å². The van der Waals surface area contributed by atoms with Crippen molar-refractivity contribution in [3.63, 3.8) is 0 Å². The van der Waals surface area contributed by atoms with E-state index in [0.29, 0.717) is 12.0 Å². The van der Waals surface area contributed by atoms with Gasteiger partial charge in [0.2, 0.25) is 0 Å². The molecule has 2 heteroatoms. The molecule has 0 saturated heterocycles. The predicted octanol–water partition coefficient (Wildman–Crippen LogP) is 0.896. The summed E-state index contributed by atoms with van der Waals surface area (Å²) in [4.78, 5) is 3.94. The first kappa shape index (κ1) is 5.86. The highest BCUT2D eigenvalue weighted by Gasteiger charge is 2.34. The maximum Gasteiger partial charge on any atom is 0.0270 e.